The molecule has 3 unspecified atom stereocenters. The Morgan fingerprint density at radius 3 is 2.18 bits per heavy atom. The zero-order valence-electron chi connectivity index (χ0n) is 6.90. The Labute approximate surface area is 66.4 Å². The average Bonchev–Trinajstić information content (AvgIpc) is 1.87. The highest BCUT2D eigenvalue weighted by Crippen LogP contribution is 2.02. The average molecular weight is 164 g/mol. The van der Waals surface area contributed by atoms with Gasteiger partial charge in [0, 0.05) is 13.5 Å². The van der Waals surface area contributed by atoms with Crippen molar-refractivity contribution in [2.75, 3.05) is 13.7 Å². The summed E-state index contributed by atoms with van der Waals surface area (Å²) in [5.41, 5.74) is 0. The molecule has 0 amide bonds. The summed E-state index contributed by atoms with van der Waals surface area (Å²) in [5.74, 6) is 0. The Bertz CT molecular complexity index is 94.4. The quantitative estimate of drug-likeness (QED) is 0.494. The van der Waals surface area contributed by atoms with E-state index in [2.05, 4.69) is 4.74 Å². The number of methoxy groups -OCH3 is 1. The lowest BCUT2D eigenvalue weighted by atomic mass is 10.1. The van der Waals surface area contributed by atoms with Crippen LogP contribution in [0.1, 0.15) is 13.3 Å². The van der Waals surface area contributed by atoms with E-state index < -0.39 is 18.3 Å². The van der Waals surface area contributed by atoms with Gasteiger partial charge in [-0.1, -0.05) is 0 Å². The molecule has 0 bridgehead atoms. The van der Waals surface area contributed by atoms with Crippen LogP contribution in [0.2, 0.25) is 0 Å². The maximum atomic E-state index is 9.07. The highest BCUT2D eigenvalue weighted by Gasteiger charge is 2.15. The summed E-state index contributed by atoms with van der Waals surface area (Å²) in [4.78, 5) is 0. The molecule has 3 atom stereocenters. The number of hydrogen-bond acceptors (Lipinski definition) is 4. The predicted octanol–water partition coefficient (Wildman–Crippen LogP) is -0.875. The standard InChI is InChI=1S/C7H16O4/c1-5(8)7(10)3-6(9)4-11-2/h5-10H,3-4H2,1-2H3. The molecular formula is C7H16O4. The lowest BCUT2D eigenvalue weighted by Crippen LogP contribution is -2.29. The fraction of sp³-hybridized carbons (Fsp3) is 1.00. The molecule has 0 rings (SSSR count). The summed E-state index contributed by atoms with van der Waals surface area (Å²) in [5, 5.41) is 27.0. The van der Waals surface area contributed by atoms with Crippen LogP contribution in [0.25, 0.3) is 0 Å². The van der Waals surface area contributed by atoms with Crippen molar-refractivity contribution in [2.24, 2.45) is 0 Å². The lowest BCUT2D eigenvalue weighted by Gasteiger charge is -2.16. The molecule has 0 saturated carbocycles. The van der Waals surface area contributed by atoms with E-state index in [0.29, 0.717) is 0 Å². The summed E-state index contributed by atoms with van der Waals surface area (Å²) < 4.78 is 4.64. The molecule has 0 spiro atoms. The van der Waals surface area contributed by atoms with Crippen LogP contribution in [-0.4, -0.2) is 47.3 Å². The van der Waals surface area contributed by atoms with Crippen molar-refractivity contribution in [3.8, 4) is 0 Å². The van der Waals surface area contributed by atoms with Gasteiger partial charge in [0.1, 0.15) is 0 Å². The number of rotatable bonds is 5. The van der Waals surface area contributed by atoms with Gasteiger partial charge in [-0.15, -0.1) is 0 Å². The minimum absolute atomic E-state index is 0.144. The van der Waals surface area contributed by atoms with Crippen LogP contribution >= 0.6 is 0 Å². The van der Waals surface area contributed by atoms with Crippen LogP contribution in [-0.2, 0) is 4.74 Å². The topological polar surface area (TPSA) is 69.9 Å². The maximum absolute atomic E-state index is 9.07. The molecule has 0 aliphatic rings. The Morgan fingerprint density at radius 1 is 1.27 bits per heavy atom. The van der Waals surface area contributed by atoms with Crippen LogP contribution in [0.3, 0.4) is 0 Å². The summed E-state index contributed by atoms with van der Waals surface area (Å²) in [6.45, 7) is 1.66. The van der Waals surface area contributed by atoms with Crippen LogP contribution in [0.5, 0.6) is 0 Å². The van der Waals surface area contributed by atoms with Crippen molar-refractivity contribution in [2.45, 2.75) is 31.7 Å². The van der Waals surface area contributed by atoms with E-state index in [-0.39, 0.29) is 13.0 Å². The number of aliphatic hydroxyl groups excluding tert-OH is 3. The van der Waals surface area contributed by atoms with Crippen molar-refractivity contribution in [1.29, 1.82) is 0 Å². The molecule has 4 nitrogen and oxygen atoms in total. The molecule has 0 aromatic heterocycles. The first-order chi connectivity index (χ1) is 5.07. The van der Waals surface area contributed by atoms with Crippen LogP contribution in [0.15, 0.2) is 0 Å². The minimum Gasteiger partial charge on any atom is -0.391 e. The normalized spacial score (nSPS) is 19.4. The summed E-state index contributed by atoms with van der Waals surface area (Å²) >= 11 is 0. The summed E-state index contributed by atoms with van der Waals surface area (Å²) in [6, 6.07) is 0. The zero-order chi connectivity index (χ0) is 8.85. The molecule has 0 fully saturated rings. The molecule has 0 aliphatic heterocycles. The molecule has 0 heterocycles. The molecule has 0 saturated heterocycles. The number of ether oxygens (including phenoxy) is 1. The molecule has 0 aromatic rings. The van der Waals surface area contributed by atoms with Gasteiger partial charge in [0.2, 0.25) is 0 Å². The van der Waals surface area contributed by atoms with E-state index in [1.807, 2.05) is 0 Å². The van der Waals surface area contributed by atoms with E-state index in [0.717, 1.165) is 0 Å². The molecule has 11 heavy (non-hydrogen) atoms. The number of aliphatic hydroxyl groups is 3. The Morgan fingerprint density at radius 2 is 1.82 bits per heavy atom. The lowest BCUT2D eigenvalue weighted by molar-refractivity contribution is -0.0218. The van der Waals surface area contributed by atoms with E-state index in [1.165, 1.54) is 14.0 Å². The van der Waals surface area contributed by atoms with Crippen LogP contribution in [0, 0.1) is 0 Å². The summed E-state index contributed by atoms with van der Waals surface area (Å²) in [6.07, 6.45) is -2.24. The van der Waals surface area contributed by atoms with Crippen molar-refractivity contribution < 1.29 is 20.1 Å². The van der Waals surface area contributed by atoms with E-state index in [9.17, 15) is 0 Å². The number of hydrogen-bond donors (Lipinski definition) is 3. The summed E-state index contributed by atoms with van der Waals surface area (Å²) in [7, 11) is 1.47. The van der Waals surface area contributed by atoms with E-state index >= 15 is 0 Å². The third-order valence-corrected chi connectivity index (χ3v) is 1.43. The van der Waals surface area contributed by atoms with Crippen molar-refractivity contribution in [3.05, 3.63) is 0 Å². The van der Waals surface area contributed by atoms with Crippen LogP contribution in [0.4, 0.5) is 0 Å². The largest absolute Gasteiger partial charge is 0.391 e. The SMILES string of the molecule is COCC(O)CC(O)C(C)O. The first-order valence-electron chi connectivity index (χ1n) is 3.61. The van der Waals surface area contributed by atoms with Gasteiger partial charge in [0.05, 0.1) is 24.9 Å². The van der Waals surface area contributed by atoms with Gasteiger partial charge in [-0.2, -0.15) is 0 Å². The second-order valence-corrected chi connectivity index (χ2v) is 2.65. The fourth-order valence-electron chi connectivity index (χ4n) is 0.736. The molecular weight excluding hydrogens is 148 g/mol. The first-order valence-corrected chi connectivity index (χ1v) is 3.61. The Balaban J connectivity index is 3.48. The minimum atomic E-state index is -0.875. The molecule has 0 aliphatic carbocycles. The van der Waals surface area contributed by atoms with E-state index in [4.69, 9.17) is 15.3 Å². The third kappa shape index (κ3) is 5.15. The maximum Gasteiger partial charge on any atom is 0.0821 e. The molecule has 0 radical (unpaired) electrons. The molecule has 4 heteroatoms. The van der Waals surface area contributed by atoms with Gasteiger partial charge in [0.25, 0.3) is 0 Å². The monoisotopic (exact) mass is 164 g/mol. The Kier molecular flexibility index (Phi) is 5.41. The van der Waals surface area contributed by atoms with Gasteiger partial charge in [0.15, 0.2) is 0 Å². The highest BCUT2D eigenvalue weighted by atomic mass is 16.5. The van der Waals surface area contributed by atoms with Crippen molar-refractivity contribution >= 4 is 0 Å². The Hall–Kier alpha value is -0.160. The zero-order valence-corrected chi connectivity index (χ0v) is 6.90. The van der Waals surface area contributed by atoms with Crippen LogP contribution < -0.4 is 0 Å². The van der Waals surface area contributed by atoms with E-state index in [1.54, 1.807) is 0 Å². The van der Waals surface area contributed by atoms with Gasteiger partial charge >= 0.3 is 0 Å². The van der Waals surface area contributed by atoms with Crippen molar-refractivity contribution in [3.63, 3.8) is 0 Å². The van der Waals surface area contributed by atoms with Crippen molar-refractivity contribution in [1.82, 2.24) is 0 Å². The second-order valence-electron chi connectivity index (χ2n) is 2.65. The second kappa shape index (κ2) is 5.49. The molecule has 0 aromatic carbocycles. The van der Waals surface area contributed by atoms with Gasteiger partial charge in [-0.3, -0.25) is 0 Å². The fourth-order valence-corrected chi connectivity index (χ4v) is 0.736. The molecule has 3 N–H and O–H groups in total. The first kappa shape index (κ1) is 10.8. The highest BCUT2D eigenvalue weighted by molar-refractivity contribution is 4.67. The third-order valence-electron chi connectivity index (χ3n) is 1.43. The molecule has 68 valence electrons. The van der Waals surface area contributed by atoms with Gasteiger partial charge in [-0.25, -0.2) is 0 Å². The predicted molar refractivity (Wildman–Crippen MR) is 40.2 cm³/mol. The van der Waals surface area contributed by atoms with Gasteiger partial charge in [-0.05, 0) is 6.92 Å². The van der Waals surface area contributed by atoms with Gasteiger partial charge < -0.3 is 20.1 Å². The smallest absolute Gasteiger partial charge is 0.0821 e.